The molecule has 4 rings (SSSR count). The Bertz CT molecular complexity index is 985. The highest BCUT2D eigenvalue weighted by molar-refractivity contribution is 7.21. The zero-order valence-electron chi connectivity index (χ0n) is 14.6. The first-order valence-corrected chi connectivity index (χ1v) is 9.25. The lowest BCUT2D eigenvalue weighted by atomic mass is 10.2. The summed E-state index contributed by atoms with van der Waals surface area (Å²) in [6, 6.07) is 9.78. The summed E-state index contributed by atoms with van der Waals surface area (Å²) in [4.78, 5) is 18.4. The molecule has 6 nitrogen and oxygen atoms in total. The number of nitrogens with zero attached hydrogens (tertiary/aromatic N) is 2. The molecule has 0 aliphatic carbocycles. The summed E-state index contributed by atoms with van der Waals surface area (Å²) in [7, 11) is 1.51. The molecule has 0 atom stereocenters. The van der Waals surface area contributed by atoms with Crippen molar-refractivity contribution in [3.05, 3.63) is 42.2 Å². The van der Waals surface area contributed by atoms with Crippen molar-refractivity contribution >= 4 is 27.6 Å². The Kier molecular flexibility index (Phi) is 4.91. The van der Waals surface area contributed by atoms with Crippen LogP contribution >= 0.6 is 11.3 Å². The third-order valence-corrected chi connectivity index (χ3v) is 5.31. The lowest BCUT2D eigenvalue weighted by Gasteiger charge is -2.26. The lowest BCUT2D eigenvalue weighted by Crippen LogP contribution is -2.42. The van der Waals surface area contributed by atoms with Crippen molar-refractivity contribution in [1.29, 1.82) is 0 Å². The second-order valence-electron chi connectivity index (χ2n) is 5.96. The van der Waals surface area contributed by atoms with Gasteiger partial charge < -0.3 is 19.1 Å². The minimum Gasteiger partial charge on any atom is -0.493 e. The molecule has 0 N–H and O–H groups in total. The van der Waals surface area contributed by atoms with Gasteiger partial charge in [-0.25, -0.2) is 14.2 Å². The van der Waals surface area contributed by atoms with Gasteiger partial charge in [-0.05, 0) is 30.3 Å². The Morgan fingerprint density at radius 1 is 1.19 bits per heavy atom. The molecule has 1 aliphatic heterocycles. The van der Waals surface area contributed by atoms with Crippen LogP contribution in [-0.2, 0) is 4.74 Å². The van der Waals surface area contributed by atoms with Crippen LogP contribution in [0.4, 0.5) is 9.18 Å². The van der Waals surface area contributed by atoms with Gasteiger partial charge in [-0.3, -0.25) is 0 Å². The van der Waals surface area contributed by atoms with Gasteiger partial charge >= 0.3 is 6.09 Å². The van der Waals surface area contributed by atoms with Gasteiger partial charge in [-0.2, -0.15) is 0 Å². The van der Waals surface area contributed by atoms with Crippen LogP contribution < -0.4 is 9.47 Å². The molecule has 0 radical (unpaired) electrons. The number of hydrogen-bond acceptors (Lipinski definition) is 6. The van der Waals surface area contributed by atoms with Gasteiger partial charge in [0.1, 0.15) is 10.8 Å². The van der Waals surface area contributed by atoms with Crippen LogP contribution in [0.25, 0.3) is 20.8 Å². The maximum Gasteiger partial charge on any atom is 0.415 e. The monoisotopic (exact) mass is 388 g/mol. The Labute approximate surface area is 159 Å². The molecule has 1 amide bonds. The second kappa shape index (κ2) is 7.50. The topological polar surface area (TPSA) is 60.9 Å². The average molecular weight is 388 g/mol. The predicted molar refractivity (Wildman–Crippen MR) is 100.0 cm³/mol. The normalized spacial score (nSPS) is 14.4. The van der Waals surface area contributed by atoms with Crippen LogP contribution in [0.1, 0.15) is 0 Å². The minimum atomic E-state index is -0.431. The molecule has 2 heterocycles. The van der Waals surface area contributed by atoms with E-state index in [9.17, 15) is 9.18 Å². The molecule has 0 unspecified atom stereocenters. The van der Waals surface area contributed by atoms with Crippen LogP contribution in [0, 0.1) is 5.82 Å². The molecule has 140 valence electrons. The molecule has 3 aromatic rings. The molecule has 2 aromatic carbocycles. The molecule has 1 aliphatic rings. The highest BCUT2D eigenvalue weighted by atomic mass is 32.1. The van der Waals surface area contributed by atoms with E-state index < -0.39 is 6.09 Å². The summed E-state index contributed by atoms with van der Waals surface area (Å²) in [5, 5.41) is 0.736. The van der Waals surface area contributed by atoms with Crippen molar-refractivity contribution in [2.45, 2.75) is 0 Å². The van der Waals surface area contributed by atoms with Crippen LogP contribution in [0.5, 0.6) is 11.5 Å². The maximum absolute atomic E-state index is 13.4. The van der Waals surface area contributed by atoms with E-state index in [-0.39, 0.29) is 5.82 Å². The van der Waals surface area contributed by atoms with Crippen molar-refractivity contribution in [2.75, 3.05) is 33.4 Å². The van der Waals surface area contributed by atoms with Gasteiger partial charge in [-0.15, -0.1) is 11.3 Å². The van der Waals surface area contributed by atoms with E-state index in [4.69, 9.17) is 14.2 Å². The van der Waals surface area contributed by atoms with Crippen LogP contribution in [0.15, 0.2) is 36.4 Å². The van der Waals surface area contributed by atoms with Crippen molar-refractivity contribution in [1.82, 2.24) is 9.88 Å². The summed E-state index contributed by atoms with van der Waals surface area (Å²) < 4.78 is 30.4. The first kappa shape index (κ1) is 17.7. The summed E-state index contributed by atoms with van der Waals surface area (Å²) >= 11 is 1.46. The van der Waals surface area contributed by atoms with Gasteiger partial charge in [0.2, 0.25) is 0 Å². The largest absolute Gasteiger partial charge is 0.493 e. The summed E-state index contributed by atoms with van der Waals surface area (Å²) in [5.41, 5.74) is 1.41. The Hall–Kier alpha value is -2.71. The average Bonchev–Trinajstić information content (AvgIpc) is 3.12. The molecule has 1 aromatic heterocycles. The zero-order chi connectivity index (χ0) is 18.8. The van der Waals surface area contributed by atoms with E-state index in [1.54, 1.807) is 29.2 Å². The van der Waals surface area contributed by atoms with Gasteiger partial charge in [0.05, 0.1) is 30.5 Å². The smallest absolute Gasteiger partial charge is 0.415 e. The van der Waals surface area contributed by atoms with Gasteiger partial charge in [-0.1, -0.05) is 0 Å². The van der Waals surface area contributed by atoms with E-state index >= 15 is 0 Å². The summed E-state index contributed by atoms with van der Waals surface area (Å²) in [6.07, 6.45) is -0.431. The fourth-order valence-corrected chi connectivity index (χ4v) is 3.76. The summed E-state index contributed by atoms with van der Waals surface area (Å²) in [6.45, 7) is 2.01. The number of carbonyl (C=O) groups is 1. The molecular weight excluding hydrogens is 371 g/mol. The zero-order valence-corrected chi connectivity index (χ0v) is 15.4. The van der Waals surface area contributed by atoms with Crippen LogP contribution in [0.3, 0.4) is 0 Å². The minimum absolute atomic E-state index is 0.317. The van der Waals surface area contributed by atoms with Gasteiger partial charge in [0.15, 0.2) is 11.5 Å². The quantitative estimate of drug-likeness (QED) is 0.680. The summed E-state index contributed by atoms with van der Waals surface area (Å²) in [5.74, 6) is 0.451. The first-order valence-electron chi connectivity index (χ1n) is 8.43. The standard InChI is InChI=1S/C19H17FN2O4S/c1-24-16-10-12(18-21-14-11-13(20)3-5-17(14)27-18)2-4-15(16)26-19(23)22-6-8-25-9-7-22/h2-5,10-11H,6-9H2,1H3. The third-order valence-electron chi connectivity index (χ3n) is 4.23. The molecular formula is C19H17FN2O4S. The number of fused-ring (bicyclic) bond motifs is 1. The number of amides is 1. The molecule has 0 bridgehead atoms. The first-order chi connectivity index (χ1) is 13.1. The number of methoxy groups -OCH3 is 1. The van der Waals surface area contributed by atoms with Gasteiger partial charge in [0.25, 0.3) is 0 Å². The Morgan fingerprint density at radius 2 is 2.00 bits per heavy atom. The number of carbonyl (C=O) groups excluding carboxylic acids is 1. The van der Waals surface area contributed by atoms with Crippen molar-refractivity contribution in [2.24, 2.45) is 0 Å². The molecule has 0 spiro atoms. The van der Waals surface area contributed by atoms with E-state index in [0.717, 1.165) is 15.3 Å². The molecule has 27 heavy (non-hydrogen) atoms. The molecule has 0 saturated carbocycles. The number of hydrogen-bond donors (Lipinski definition) is 0. The number of ether oxygens (including phenoxy) is 3. The van der Waals surface area contributed by atoms with E-state index in [1.165, 1.54) is 30.6 Å². The maximum atomic E-state index is 13.4. The molecule has 1 saturated heterocycles. The highest BCUT2D eigenvalue weighted by Crippen LogP contribution is 2.36. The van der Waals surface area contributed by atoms with Crippen molar-refractivity contribution in [3.63, 3.8) is 0 Å². The van der Waals surface area contributed by atoms with Crippen LogP contribution in [0.2, 0.25) is 0 Å². The number of thiazole rings is 1. The number of rotatable bonds is 3. The number of benzene rings is 2. The fraction of sp³-hybridized carbons (Fsp3) is 0.263. The molecule has 8 heteroatoms. The predicted octanol–water partition coefficient (Wildman–Crippen LogP) is 3.94. The second-order valence-corrected chi connectivity index (χ2v) is 6.99. The number of halogens is 1. The third kappa shape index (κ3) is 3.72. The lowest BCUT2D eigenvalue weighted by molar-refractivity contribution is 0.0413. The SMILES string of the molecule is COc1cc(-c2nc3cc(F)ccc3s2)ccc1OC(=O)N1CCOCC1. The highest BCUT2D eigenvalue weighted by Gasteiger charge is 2.21. The van der Waals surface area contributed by atoms with Crippen LogP contribution in [-0.4, -0.2) is 49.4 Å². The van der Waals surface area contributed by atoms with E-state index in [1.807, 2.05) is 0 Å². The van der Waals surface area contributed by atoms with Gasteiger partial charge in [0, 0.05) is 24.7 Å². The van der Waals surface area contributed by atoms with E-state index in [2.05, 4.69) is 4.98 Å². The molecule has 1 fully saturated rings. The fourth-order valence-electron chi connectivity index (χ4n) is 2.81. The number of morpholine rings is 1. The number of aromatic nitrogens is 1. The van der Waals surface area contributed by atoms with Crippen molar-refractivity contribution < 1.29 is 23.4 Å². The van der Waals surface area contributed by atoms with E-state index in [0.29, 0.717) is 43.3 Å². The van der Waals surface area contributed by atoms with Crippen molar-refractivity contribution in [3.8, 4) is 22.1 Å². The Morgan fingerprint density at radius 3 is 2.78 bits per heavy atom. The Balaban J connectivity index is 1.59.